The van der Waals surface area contributed by atoms with Gasteiger partial charge in [-0.1, -0.05) is 6.92 Å². The SMILES string of the molecule is CSc1cnc(CC[C@H](C)CCc2nc3ccc(C(=O)N4CCN(C)C5(CC5)C4)cc3s2)nc1. The molecule has 0 radical (unpaired) electrons. The number of benzene rings is 1. The Morgan fingerprint density at radius 1 is 1.18 bits per heavy atom. The molecule has 180 valence electrons. The maximum Gasteiger partial charge on any atom is 0.254 e. The van der Waals surface area contributed by atoms with Crippen LogP contribution in [0.2, 0.25) is 0 Å². The smallest absolute Gasteiger partial charge is 0.254 e. The summed E-state index contributed by atoms with van der Waals surface area (Å²) < 4.78 is 1.12. The van der Waals surface area contributed by atoms with Crippen LogP contribution >= 0.6 is 23.1 Å². The minimum Gasteiger partial charge on any atom is -0.336 e. The van der Waals surface area contributed by atoms with Gasteiger partial charge in [0.2, 0.25) is 0 Å². The van der Waals surface area contributed by atoms with Crippen LogP contribution in [0.4, 0.5) is 0 Å². The summed E-state index contributed by atoms with van der Waals surface area (Å²) in [4.78, 5) is 32.6. The molecule has 1 spiro atoms. The Kier molecular flexibility index (Phi) is 6.91. The van der Waals surface area contributed by atoms with Gasteiger partial charge >= 0.3 is 0 Å². The number of fused-ring (bicyclic) bond motifs is 1. The molecule has 1 saturated carbocycles. The van der Waals surface area contributed by atoms with E-state index in [9.17, 15) is 4.79 Å². The average Bonchev–Trinajstić information content (AvgIpc) is 3.51. The number of hydrogen-bond acceptors (Lipinski definition) is 7. The summed E-state index contributed by atoms with van der Waals surface area (Å²) in [6.45, 7) is 4.93. The zero-order valence-electron chi connectivity index (χ0n) is 20.3. The van der Waals surface area contributed by atoms with Crippen molar-refractivity contribution in [2.75, 3.05) is 32.9 Å². The van der Waals surface area contributed by atoms with Crippen molar-refractivity contribution >= 4 is 39.2 Å². The molecule has 2 aliphatic rings. The fraction of sp³-hybridized carbons (Fsp3) is 0.538. The molecular weight excluding hydrogens is 462 g/mol. The lowest BCUT2D eigenvalue weighted by Crippen LogP contribution is -2.54. The van der Waals surface area contributed by atoms with Crippen LogP contribution in [0.15, 0.2) is 35.5 Å². The fourth-order valence-corrected chi connectivity index (χ4v) is 6.12. The van der Waals surface area contributed by atoms with Crippen LogP contribution in [0.25, 0.3) is 10.2 Å². The summed E-state index contributed by atoms with van der Waals surface area (Å²) in [6, 6.07) is 6.03. The van der Waals surface area contributed by atoms with Gasteiger partial charge in [0.05, 0.1) is 15.2 Å². The van der Waals surface area contributed by atoms with Gasteiger partial charge in [0.15, 0.2) is 0 Å². The molecule has 5 rings (SSSR count). The molecule has 3 heterocycles. The van der Waals surface area contributed by atoms with Gasteiger partial charge in [-0.3, -0.25) is 9.69 Å². The Labute approximate surface area is 210 Å². The van der Waals surface area contributed by atoms with Gasteiger partial charge in [-0.05, 0) is 69.5 Å². The first kappa shape index (κ1) is 23.7. The highest BCUT2D eigenvalue weighted by molar-refractivity contribution is 7.98. The summed E-state index contributed by atoms with van der Waals surface area (Å²) >= 11 is 3.40. The number of thioether (sulfide) groups is 1. The number of hydrogen-bond donors (Lipinski definition) is 0. The largest absolute Gasteiger partial charge is 0.336 e. The minimum atomic E-state index is 0.164. The van der Waals surface area contributed by atoms with E-state index < -0.39 is 0 Å². The van der Waals surface area contributed by atoms with Crippen molar-refractivity contribution in [2.24, 2.45) is 5.92 Å². The molecule has 0 N–H and O–H groups in total. The van der Waals surface area contributed by atoms with Crippen molar-refractivity contribution in [1.82, 2.24) is 24.8 Å². The lowest BCUT2D eigenvalue weighted by Gasteiger charge is -2.40. The fourth-order valence-electron chi connectivity index (χ4n) is 4.78. The first-order valence-electron chi connectivity index (χ1n) is 12.2. The van der Waals surface area contributed by atoms with Crippen molar-refractivity contribution < 1.29 is 4.79 Å². The number of aromatic nitrogens is 3. The Balaban J connectivity index is 1.16. The van der Waals surface area contributed by atoms with Gasteiger partial charge in [0, 0.05) is 54.4 Å². The number of aryl methyl sites for hydroxylation is 2. The second-order valence-corrected chi connectivity index (χ2v) is 11.9. The summed E-state index contributed by atoms with van der Waals surface area (Å²) in [5.74, 6) is 1.67. The lowest BCUT2D eigenvalue weighted by atomic mass is 10.00. The first-order chi connectivity index (χ1) is 16.5. The highest BCUT2D eigenvalue weighted by Gasteiger charge is 2.50. The minimum absolute atomic E-state index is 0.164. The molecule has 6 nitrogen and oxygen atoms in total. The Morgan fingerprint density at radius 2 is 1.94 bits per heavy atom. The van der Waals surface area contributed by atoms with Crippen LogP contribution in [0.5, 0.6) is 0 Å². The van der Waals surface area contributed by atoms with E-state index in [2.05, 4.69) is 39.8 Å². The molecule has 8 heteroatoms. The normalized spacial score (nSPS) is 18.5. The van der Waals surface area contributed by atoms with E-state index in [0.29, 0.717) is 5.92 Å². The standard InChI is InChI=1S/C26H33N5OS2/c1-18(4-8-23-27-15-20(33-3)16-28-23)5-9-24-29-21-7-6-19(14-22(21)34-24)25(32)31-13-12-30(2)26(17-31)10-11-26/h6-7,14-16,18H,4-5,8-13,17H2,1-3H3/t18-/m0/s1. The van der Waals surface area contributed by atoms with Gasteiger partial charge in [0.25, 0.3) is 5.91 Å². The monoisotopic (exact) mass is 495 g/mol. The third-order valence-electron chi connectivity index (χ3n) is 7.42. The highest BCUT2D eigenvalue weighted by atomic mass is 32.2. The van der Waals surface area contributed by atoms with E-state index in [1.807, 2.05) is 30.8 Å². The number of likely N-dealkylation sites (N-methyl/N-ethyl adjacent to an activating group) is 1. The molecular formula is C26H33N5OS2. The molecule has 2 fully saturated rings. The van der Waals surface area contributed by atoms with E-state index >= 15 is 0 Å². The molecule has 3 aromatic rings. The topological polar surface area (TPSA) is 62.2 Å². The molecule has 1 aromatic carbocycles. The second-order valence-electron chi connectivity index (χ2n) is 9.88. The highest BCUT2D eigenvalue weighted by Crippen LogP contribution is 2.43. The summed E-state index contributed by atoms with van der Waals surface area (Å²) in [5, 5.41) is 1.16. The number of piperazine rings is 1. The molecule has 1 aliphatic heterocycles. The molecule has 2 aromatic heterocycles. The number of thiazole rings is 1. The van der Waals surface area contributed by atoms with Gasteiger partial charge in [0.1, 0.15) is 5.82 Å². The van der Waals surface area contributed by atoms with Gasteiger partial charge in [-0.2, -0.15) is 0 Å². The average molecular weight is 496 g/mol. The van der Waals surface area contributed by atoms with Crippen molar-refractivity contribution in [3.8, 4) is 0 Å². The third kappa shape index (κ3) is 5.14. The lowest BCUT2D eigenvalue weighted by molar-refractivity contribution is 0.0497. The van der Waals surface area contributed by atoms with Gasteiger partial charge < -0.3 is 4.90 Å². The number of carbonyl (C=O) groups excluding carboxylic acids is 1. The summed E-state index contributed by atoms with van der Waals surface area (Å²) in [5.41, 5.74) is 2.05. The Hall–Kier alpha value is -2.03. The van der Waals surface area contributed by atoms with E-state index in [4.69, 9.17) is 4.98 Å². The van der Waals surface area contributed by atoms with Crippen LogP contribution in [0.1, 0.15) is 53.8 Å². The Morgan fingerprint density at radius 3 is 2.68 bits per heavy atom. The molecule has 1 aliphatic carbocycles. The van der Waals surface area contributed by atoms with Crippen LogP contribution in [-0.2, 0) is 12.8 Å². The van der Waals surface area contributed by atoms with Crippen LogP contribution in [-0.4, -0.2) is 69.1 Å². The Bertz CT molecular complexity index is 1160. The van der Waals surface area contributed by atoms with E-state index in [1.165, 1.54) is 12.8 Å². The van der Waals surface area contributed by atoms with Crippen molar-refractivity contribution in [2.45, 2.75) is 55.9 Å². The van der Waals surface area contributed by atoms with Crippen molar-refractivity contribution in [1.29, 1.82) is 0 Å². The van der Waals surface area contributed by atoms with Crippen LogP contribution < -0.4 is 0 Å². The van der Waals surface area contributed by atoms with Crippen LogP contribution in [0.3, 0.4) is 0 Å². The van der Waals surface area contributed by atoms with Crippen LogP contribution in [0, 0.1) is 5.92 Å². The van der Waals surface area contributed by atoms with Gasteiger partial charge in [-0.15, -0.1) is 23.1 Å². The number of nitrogens with zero attached hydrogens (tertiary/aromatic N) is 5. The summed E-state index contributed by atoms with van der Waals surface area (Å²) in [7, 11) is 2.19. The maximum atomic E-state index is 13.2. The van der Waals surface area contributed by atoms with E-state index in [1.54, 1.807) is 23.1 Å². The molecule has 1 amide bonds. The number of carbonyl (C=O) groups is 1. The molecule has 1 atom stereocenters. The number of amides is 1. The number of rotatable bonds is 8. The van der Waals surface area contributed by atoms with E-state index in [0.717, 1.165) is 76.8 Å². The molecule has 0 unspecified atom stereocenters. The predicted octanol–water partition coefficient (Wildman–Crippen LogP) is 4.93. The molecule has 0 bridgehead atoms. The maximum absolute atomic E-state index is 13.2. The zero-order chi connectivity index (χ0) is 23.7. The quantitative estimate of drug-likeness (QED) is 0.413. The van der Waals surface area contributed by atoms with Crippen molar-refractivity contribution in [3.05, 3.63) is 47.0 Å². The first-order valence-corrected chi connectivity index (χ1v) is 14.2. The molecule has 34 heavy (non-hydrogen) atoms. The predicted molar refractivity (Wildman–Crippen MR) is 140 cm³/mol. The molecule has 1 saturated heterocycles. The van der Waals surface area contributed by atoms with E-state index in [-0.39, 0.29) is 11.4 Å². The van der Waals surface area contributed by atoms with Gasteiger partial charge in [-0.25, -0.2) is 15.0 Å². The zero-order valence-corrected chi connectivity index (χ0v) is 21.9. The summed E-state index contributed by atoms with van der Waals surface area (Å²) in [6.07, 6.45) is 12.3. The van der Waals surface area contributed by atoms with Crippen molar-refractivity contribution in [3.63, 3.8) is 0 Å². The second kappa shape index (κ2) is 9.91. The third-order valence-corrected chi connectivity index (χ3v) is 9.18.